The van der Waals surface area contributed by atoms with Crippen molar-refractivity contribution < 1.29 is 24.4 Å². The van der Waals surface area contributed by atoms with Crippen molar-refractivity contribution in [1.29, 1.82) is 0 Å². The van der Waals surface area contributed by atoms with E-state index < -0.39 is 29.1 Å². The lowest BCUT2D eigenvalue weighted by Crippen LogP contribution is -2.31. The molecule has 8 nitrogen and oxygen atoms in total. The molecule has 0 aliphatic carbocycles. The molecule has 2 N–H and O–H groups in total. The van der Waals surface area contributed by atoms with Crippen molar-refractivity contribution in [1.82, 2.24) is 5.32 Å². The predicted octanol–water partition coefficient (Wildman–Crippen LogP) is 1.44. The Bertz CT molecular complexity index is 556. The molecule has 21 heavy (non-hydrogen) atoms. The van der Waals surface area contributed by atoms with E-state index in [0.717, 1.165) is 18.2 Å². The first-order chi connectivity index (χ1) is 9.81. The number of hydrogen-bond acceptors (Lipinski definition) is 5. The summed E-state index contributed by atoms with van der Waals surface area (Å²) in [6, 6.07) is 3.16. The number of carbonyl (C=O) groups is 2. The minimum absolute atomic E-state index is 0.154. The molecular formula is C13H16N2O6. The number of carboxylic acid groups (broad SMARTS) is 1. The van der Waals surface area contributed by atoms with Crippen molar-refractivity contribution >= 4 is 17.6 Å². The zero-order valence-electron chi connectivity index (χ0n) is 11.7. The number of amides is 1. The Morgan fingerprint density at radius 2 is 2.10 bits per heavy atom. The van der Waals surface area contributed by atoms with Gasteiger partial charge in [0.25, 0.3) is 5.91 Å². The smallest absolute Gasteiger partial charge is 0.335 e. The van der Waals surface area contributed by atoms with Gasteiger partial charge in [0.2, 0.25) is 0 Å². The van der Waals surface area contributed by atoms with Gasteiger partial charge in [-0.15, -0.1) is 0 Å². The maximum absolute atomic E-state index is 11.5. The summed E-state index contributed by atoms with van der Waals surface area (Å²) in [5.41, 5.74) is -0.546. The van der Waals surface area contributed by atoms with Gasteiger partial charge in [0.15, 0.2) is 12.4 Å². The highest BCUT2D eigenvalue weighted by molar-refractivity contribution is 5.88. The lowest BCUT2D eigenvalue weighted by Gasteiger charge is -2.09. The molecule has 0 heterocycles. The van der Waals surface area contributed by atoms with Crippen LogP contribution in [0.2, 0.25) is 0 Å². The topological polar surface area (TPSA) is 119 Å². The van der Waals surface area contributed by atoms with Gasteiger partial charge in [0.1, 0.15) is 0 Å². The number of hydrogen-bond donors (Lipinski definition) is 2. The number of benzene rings is 1. The van der Waals surface area contributed by atoms with Gasteiger partial charge in [-0.3, -0.25) is 14.9 Å². The molecular weight excluding hydrogens is 280 g/mol. The summed E-state index contributed by atoms with van der Waals surface area (Å²) in [6.45, 7) is 3.88. The number of nitro groups is 1. The molecule has 1 aromatic carbocycles. The summed E-state index contributed by atoms with van der Waals surface area (Å²) in [6.07, 6.45) is 0. The first kappa shape index (κ1) is 16.4. The summed E-state index contributed by atoms with van der Waals surface area (Å²) < 4.78 is 5.07. The number of aromatic carboxylic acids is 1. The Balaban J connectivity index is 2.80. The molecule has 114 valence electrons. The van der Waals surface area contributed by atoms with Crippen LogP contribution in [-0.2, 0) is 4.79 Å². The number of nitrogens with one attached hydrogen (secondary N) is 1. The summed E-state index contributed by atoms with van der Waals surface area (Å²) >= 11 is 0. The molecule has 0 aliphatic heterocycles. The van der Waals surface area contributed by atoms with Crippen molar-refractivity contribution in [2.45, 2.75) is 13.8 Å². The van der Waals surface area contributed by atoms with Crippen molar-refractivity contribution in [3.05, 3.63) is 33.9 Å². The fourth-order valence-electron chi connectivity index (χ4n) is 1.43. The van der Waals surface area contributed by atoms with Gasteiger partial charge >= 0.3 is 11.7 Å². The Morgan fingerprint density at radius 1 is 1.43 bits per heavy atom. The molecule has 0 saturated carbocycles. The number of ether oxygens (including phenoxy) is 1. The van der Waals surface area contributed by atoms with Crippen LogP contribution in [0.1, 0.15) is 24.2 Å². The van der Waals surface area contributed by atoms with Crippen LogP contribution in [0.5, 0.6) is 5.75 Å². The molecule has 1 rings (SSSR count). The average molecular weight is 296 g/mol. The summed E-state index contributed by atoms with van der Waals surface area (Å²) in [5, 5.41) is 22.3. The molecule has 0 radical (unpaired) electrons. The fraction of sp³-hybridized carbons (Fsp3) is 0.385. The van der Waals surface area contributed by atoms with Crippen LogP contribution < -0.4 is 10.1 Å². The van der Waals surface area contributed by atoms with E-state index in [0.29, 0.717) is 6.54 Å². The molecule has 0 spiro atoms. The average Bonchev–Trinajstić information content (AvgIpc) is 2.42. The lowest BCUT2D eigenvalue weighted by molar-refractivity contribution is -0.385. The quantitative estimate of drug-likeness (QED) is 0.580. The predicted molar refractivity (Wildman–Crippen MR) is 73.4 cm³/mol. The standard InChI is InChI=1S/C13H16N2O6/c1-8(2)6-14-12(16)7-21-11-5-9(13(17)18)3-4-10(11)15(19)20/h3-5,8H,6-7H2,1-2H3,(H,14,16)(H,17,18). The zero-order chi connectivity index (χ0) is 16.0. The molecule has 0 bridgehead atoms. The maximum atomic E-state index is 11.5. The highest BCUT2D eigenvalue weighted by Gasteiger charge is 2.18. The van der Waals surface area contributed by atoms with Gasteiger partial charge in [-0.2, -0.15) is 0 Å². The molecule has 0 atom stereocenters. The monoisotopic (exact) mass is 296 g/mol. The van der Waals surface area contributed by atoms with E-state index in [4.69, 9.17) is 9.84 Å². The number of carboxylic acids is 1. The van der Waals surface area contributed by atoms with E-state index in [2.05, 4.69) is 5.32 Å². The minimum atomic E-state index is -1.24. The van der Waals surface area contributed by atoms with E-state index in [1.165, 1.54) is 0 Å². The Labute approximate surface area is 120 Å². The lowest BCUT2D eigenvalue weighted by atomic mass is 10.2. The normalized spacial score (nSPS) is 10.2. The number of nitrogens with zero attached hydrogens (tertiary/aromatic N) is 1. The fourth-order valence-corrected chi connectivity index (χ4v) is 1.43. The van der Waals surface area contributed by atoms with E-state index in [-0.39, 0.29) is 17.2 Å². The number of carbonyl (C=O) groups excluding carboxylic acids is 1. The molecule has 0 aliphatic rings. The van der Waals surface area contributed by atoms with Crippen LogP contribution >= 0.6 is 0 Å². The summed E-state index contributed by atoms with van der Waals surface area (Å²) in [7, 11) is 0. The largest absolute Gasteiger partial charge is 0.478 e. The van der Waals surface area contributed by atoms with Gasteiger partial charge in [0, 0.05) is 18.7 Å². The second-order valence-electron chi connectivity index (χ2n) is 4.73. The highest BCUT2D eigenvalue weighted by atomic mass is 16.6. The Hall–Kier alpha value is -2.64. The summed E-state index contributed by atoms with van der Waals surface area (Å²) in [5.74, 6) is -1.66. The van der Waals surface area contributed by atoms with Crippen molar-refractivity contribution in [2.24, 2.45) is 5.92 Å². The van der Waals surface area contributed by atoms with Gasteiger partial charge < -0.3 is 15.2 Å². The molecule has 0 fully saturated rings. The molecule has 0 aromatic heterocycles. The van der Waals surface area contributed by atoms with Gasteiger partial charge in [-0.1, -0.05) is 13.8 Å². The minimum Gasteiger partial charge on any atom is -0.478 e. The third-order valence-corrected chi connectivity index (χ3v) is 2.47. The number of nitro benzene ring substituents is 1. The number of rotatable bonds is 7. The SMILES string of the molecule is CC(C)CNC(=O)COc1cc(C(=O)O)ccc1[N+](=O)[O-]. The molecule has 8 heteroatoms. The van der Waals surface area contributed by atoms with Crippen LogP contribution in [-0.4, -0.2) is 35.1 Å². The Kier molecular flexibility index (Phi) is 5.65. The van der Waals surface area contributed by atoms with Crippen molar-refractivity contribution in [3.8, 4) is 5.75 Å². The van der Waals surface area contributed by atoms with Crippen LogP contribution in [0.3, 0.4) is 0 Å². The second-order valence-corrected chi connectivity index (χ2v) is 4.73. The third kappa shape index (κ3) is 5.09. The van der Waals surface area contributed by atoms with E-state index in [9.17, 15) is 19.7 Å². The van der Waals surface area contributed by atoms with E-state index in [1.807, 2.05) is 13.8 Å². The first-order valence-electron chi connectivity index (χ1n) is 6.22. The zero-order valence-corrected chi connectivity index (χ0v) is 11.7. The van der Waals surface area contributed by atoms with Crippen LogP contribution in [0, 0.1) is 16.0 Å². The van der Waals surface area contributed by atoms with Crippen LogP contribution in [0.15, 0.2) is 18.2 Å². The second kappa shape index (κ2) is 7.22. The van der Waals surface area contributed by atoms with Crippen LogP contribution in [0.4, 0.5) is 5.69 Å². The van der Waals surface area contributed by atoms with Gasteiger partial charge in [-0.25, -0.2) is 4.79 Å². The molecule has 0 saturated heterocycles. The summed E-state index contributed by atoms with van der Waals surface area (Å²) in [4.78, 5) is 32.5. The van der Waals surface area contributed by atoms with Crippen molar-refractivity contribution in [3.63, 3.8) is 0 Å². The van der Waals surface area contributed by atoms with Gasteiger partial charge in [-0.05, 0) is 12.0 Å². The van der Waals surface area contributed by atoms with E-state index >= 15 is 0 Å². The maximum Gasteiger partial charge on any atom is 0.335 e. The first-order valence-corrected chi connectivity index (χ1v) is 6.22. The van der Waals surface area contributed by atoms with Crippen molar-refractivity contribution in [2.75, 3.05) is 13.2 Å². The Morgan fingerprint density at radius 3 is 2.62 bits per heavy atom. The molecule has 1 aromatic rings. The van der Waals surface area contributed by atoms with E-state index in [1.54, 1.807) is 0 Å². The van der Waals surface area contributed by atoms with Gasteiger partial charge in [0.05, 0.1) is 10.5 Å². The van der Waals surface area contributed by atoms with Crippen LogP contribution in [0.25, 0.3) is 0 Å². The third-order valence-electron chi connectivity index (χ3n) is 2.47. The molecule has 1 amide bonds. The molecule has 0 unspecified atom stereocenters. The highest BCUT2D eigenvalue weighted by Crippen LogP contribution is 2.27.